The number of anilines is 2. The molecule has 0 spiro atoms. The summed E-state index contributed by atoms with van der Waals surface area (Å²) in [5, 5.41) is 2.78. The highest BCUT2D eigenvalue weighted by molar-refractivity contribution is 5.89. The van der Waals surface area contributed by atoms with E-state index >= 15 is 0 Å². The van der Waals surface area contributed by atoms with Gasteiger partial charge in [-0.1, -0.05) is 0 Å². The minimum absolute atomic E-state index is 0.155. The van der Waals surface area contributed by atoms with Gasteiger partial charge in [0.25, 0.3) is 5.88 Å². The Balaban J connectivity index is 1.62. The first kappa shape index (κ1) is 17.9. The molecule has 1 fully saturated rings. The van der Waals surface area contributed by atoms with Gasteiger partial charge in [0.1, 0.15) is 11.9 Å². The van der Waals surface area contributed by atoms with Crippen molar-refractivity contribution in [3.63, 3.8) is 0 Å². The molecule has 8 heteroatoms. The normalized spacial score (nSPS) is 16.9. The predicted octanol–water partition coefficient (Wildman–Crippen LogP) is 2.76. The van der Waals surface area contributed by atoms with Crippen molar-refractivity contribution in [2.45, 2.75) is 18.9 Å². The summed E-state index contributed by atoms with van der Waals surface area (Å²) in [5.41, 5.74) is 0.559. The molecule has 1 N–H and O–H groups in total. The molecule has 7 nitrogen and oxygen atoms in total. The molecule has 1 atom stereocenters. The maximum Gasteiger partial charge on any atom is 0.321 e. The highest BCUT2D eigenvalue weighted by Crippen LogP contribution is 2.24. The lowest BCUT2D eigenvalue weighted by molar-refractivity contribution is 0.103. The Kier molecular flexibility index (Phi) is 5.50. The average molecular weight is 359 g/mol. The van der Waals surface area contributed by atoms with E-state index in [2.05, 4.69) is 15.3 Å². The number of aromatic nitrogens is 2. The lowest BCUT2D eigenvalue weighted by Gasteiger charge is -2.33. The quantitative estimate of drug-likeness (QED) is 0.909. The van der Waals surface area contributed by atoms with Gasteiger partial charge in [0.15, 0.2) is 5.82 Å². The van der Waals surface area contributed by atoms with Gasteiger partial charge in [-0.05, 0) is 37.1 Å². The van der Waals surface area contributed by atoms with Crippen molar-refractivity contribution in [3.05, 3.63) is 42.5 Å². The number of hydrogen-bond acceptors (Lipinski definition) is 5. The van der Waals surface area contributed by atoms with E-state index in [-0.39, 0.29) is 18.0 Å². The third-order valence-electron chi connectivity index (χ3n) is 4.11. The second-order valence-electron chi connectivity index (χ2n) is 6.34. The van der Waals surface area contributed by atoms with Crippen LogP contribution >= 0.6 is 0 Å². The topological polar surface area (TPSA) is 70.6 Å². The van der Waals surface area contributed by atoms with Crippen LogP contribution in [0.1, 0.15) is 12.8 Å². The number of urea groups is 1. The maximum atomic E-state index is 13.0. The third kappa shape index (κ3) is 4.38. The molecule has 1 aromatic carbocycles. The molecule has 26 heavy (non-hydrogen) atoms. The summed E-state index contributed by atoms with van der Waals surface area (Å²) in [6.45, 7) is 1.10. The van der Waals surface area contributed by atoms with E-state index < -0.39 is 0 Å². The first-order valence-electron chi connectivity index (χ1n) is 8.49. The van der Waals surface area contributed by atoms with Crippen LogP contribution in [0.2, 0.25) is 0 Å². The molecule has 1 aromatic heterocycles. The van der Waals surface area contributed by atoms with Gasteiger partial charge in [-0.2, -0.15) is 0 Å². The van der Waals surface area contributed by atoms with Crippen molar-refractivity contribution in [1.82, 2.24) is 14.9 Å². The van der Waals surface area contributed by atoms with Crippen LogP contribution in [0.4, 0.5) is 20.7 Å². The molecule has 1 aliphatic heterocycles. The van der Waals surface area contributed by atoms with Crippen LogP contribution < -0.4 is 15.0 Å². The molecule has 2 aromatic rings. The van der Waals surface area contributed by atoms with E-state index in [1.807, 2.05) is 19.0 Å². The second-order valence-corrected chi connectivity index (χ2v) is 6.34. The van der Waals surface area contributed by atoms with E-state index in [0.717, 1.165) is 12.8 Å². The summed E-state index contributed by atoms with van der Waals surface area (Å²) in [5.74, 6) is 0.777. The number of piperidine rings is 1. The van der Waals surface area contributed by atoms with Crippen LogP contribution in [0.15, 0.2) is 36.7 Å². The molecule has 1 aliphatic rings. The summed E-state index contributed by atoms with van der Waals surface area (Å²) in [6.07, 6.45) is 4.72. The van der Waals surface area contributed by atoms with E-state index in [9.17, 15) is 9.18 Å². The molecule has 0 bridgehead atoms. The first-order valence-corrected chi connectivity index (χ1v) is 8.49. The zero-order chi connectivity index (χ0) is 18.5. The molecule has 138 valence electrons. The molecular weight excluding hydrogens is 337 g/mol. The van der Waals surface area contributed by atoms with Crippen LogP contribution in [-0.4, -0.2) is 54.2 Å². The number of nitrogens with one attached hydrogen (secondary N) is 1. The van der Waals surface area contributed by atoms with Crippen molar-refractivity contribution in [2.24, 2.45) is 0 Å². The van der Waals surface area contributed by atoms with E-state index in [0.29, 0.717) is 30.5 Å². The zero-order valence-electron chi connectivity index (χ0n) is 14.9. The molecule has 1 saturated heterocycles. The molecule has 2 heterocycles. The number of carbonyl (C=O) groups is 1. The van der Waals surface area contributed by atoms with Gasteiger partial charge in [-0.15, -0.1) is 0 Å². The van der Waals surface area contributed by atoms with Crippen molar-refractivity contribution in [2.75, 3.05) is 37.4 Å². The Morgan fingerprint density at radius 3 is 2.73 bits per heavy atom. The summed E-state index contributed by atoms with van der Waals surface area (Å²) in [7, 11) is 3.75. The van der Waals surface area contributed by atoms with E-state index in [1.165, 1.54) is 24.3 Å². The largest absolute Gasteiger partial charge is 0.470 e. The number of rotatable bonds is 4. The number of halogens is 1. The van der Waals surface area contributed by atoms with E-state index in [4.69, 9.17) is 4.74 Å². The Hall–Kier alpha value is -2.90. The predicted molar refractivity (Wildman–Crippen MR) is 97.0 cm³/mol. The Morgan fingerprint density at radius 1 is 1.27 bits per heavy atom. The number of ether oxygens (including phenoxy) is 1. The van der Waals surface area contributed by atoms with E-state index in [1.54, 1.807) is 17.3 Å². The van der Waals surface area contributed by atoms with Gasteiger partial charge in [-0.25, -0.2) is 19.2 Å². The maximum absolute atomic E-state index is 13.0. The van der Waals surface area contributed by atoms with Gasteiger partial charge in [-0.3, -0.25) is 0 Å². The number of benzene rings is 1. The minimum Gasteiger partial charge on any atom is -0.470 e. The molecule has 0 aliphatic carbocycles. The molecule has 0 saturated carbocycles. The van der Waals surface area contributed by atoms with Gasteiger partial charge in [0.05, 0.1) is 6.54 Å². The fraction of sp³-hybridized carbons (Fsp3) is 0.389. The fourth-order valence-electron chi connectivity index (χ4n) is 2.82. The fourth-order valence-corrected chi connectivity index (χ4v) is 2.82. The van der Waals surface area contributed by atoms with Crippen LogP contribution in [0.5, 0.6) is 5.88 Å². The third-order valence-corrected chi connectivity index (χ3v) is 4.11. The summed E-state index contributed by atoms with van der Waals surface area (Å²) in [6, 6.07) is 5.47. The summed E-state index contributed by atoms with van der Waals surface area (Å²) >= 11 is 0. The number of amides is 2. The van der Waals surface area contributed by atoms with Crippen LogP contribution in [0.25, 0.3) is 0 Å². The van der Waals surface area contributed by atoms with Gasteiger partial charge < -0.3 is 19.9 Å². The van der Waals surface area contributed by atoms with Crippen LogP contribution in [0.3, 0.4) is 0 Å². The van der Waals surface area contributed by atoms with Crippen molar-refractivity contribution in [3.8, 4) is 5.88 Å². The highest BCUT2D eigenvalue weighted by Gasteiger charge is 2.26. The SMILES string of the molecule is CN(C)c1nccnc1OC1CCCN(C(=O)Nc2ccc(F)cc2)C1. The highest BCUT2D eigenvalue weighted by atomic mass is 19.1. The molecule has 1 unspecified atom stereocenters. The average Bonchev–Trinajstić information content (AvgIpc) is 2.64. The zero-order valence-corrected chi connectivity index (χ0v) is 14.9. The smallest absolute Gasteiger partial charge is 0.321 e. The Bertz CT molecular complexity index is 754. The second kappa shape index (κ2) is 7.99. The lowest BCUT2D eigenvalue weighted by atomic mass is 10.1. The van der Waals surface area contributed by atoms with Gasteiger partial charge in [0, 0.05) is 38.7 Å². The van der Waals surface area contributed by atoms with Gasteiger partial charge >= 0.3 is 6.03 Å². The first-order chi connectivity index (χ1) is 12.5. The van der Waals surface area contributed by atoms with Crippen molar-refractivity contribution >= 4 is 17.5 Å². The van der Waals surface area contributed by atoms with Crippen LogP contribution in [0, 0.1) is 5.82 Å². The lowest BCUT2D eigenvalue weighted by Crippen LogP contribution is -2.46. The molecular formula is C18H22FN5O2. The standard InChI is InChI=1S/C18H22FN5O2/c1-23(2)16-17(21-10-9-20-16)26-15-4-3-11-24(12-15)18(25)22-14-7-5-13(19)6-8-14/h5-10,15H,3-4,11-12H2,1-2H3,(H,22,25). The van der Waals surface area contributed by atoms with Crippen LogP contribution in [-0.2, 0) is 0 Å². The summed E-state index contributed by atoms with van der Waals surface area (Å²) in [4.78, 5) is 24.5. The number of likely N-dealkylation sites (tertiary alicyclic amines) is 1. The summed E-state index contributed by atoms with van der Waals surface area (Å²) < 4.78 is 19.0. The Morgan fingerprint density at radius 2 is 2.00 bits per heavy atom. The van der Waals surface area contributed by atoms with Gasteiger partial charge in [0.2, 0.25) is 0 Å². The molecule has 2 amide bonds. The van der Waals surface area contributed by atoms with Crippen molar-refractivity contribution in [1.29, 1.82) is 0 Å². The minimum atomic E-state index is -0.338. The Labute approximate surface area is 151 Å². The number of carbonyl (C=O) groups excluding carboxylic acids is 1. The molecule has 3 rings (SSSR count). The number of nitrogens with zero attached hydrogens (tertiary/aromatic N) is 4. The number of hydrogen-bond donors (Lipinski definition) is 1. The molecule has 0 radical (unpaired) electrons. The van der Waals surface area contributed by atoms with Crippen molar-refractivity contribution < 1.29 is 13.9 Å². The monoisotopic (exact) mass is 359 g/mol.